The number of hydrogen-bond acceptors (Lipinski definition) is 6. The van der Waals surface area contributed by atoms with Crippen molar-refractivity contribution in [2.75, 3.05) is 11.9 Å². The van der Waals surface area contributed by atoms with Crippen LogP contribution in [0.1, 0.15) is 29.3 Å². The van der Waals surface area contributed by atoms with Gasteiger partial charge in [-0.1, -0.05) is 18.2 Å². The first kappa shape index (κ1) is 25.2. The largest absolute Gasteiger partial charge is 0.337 e. The van der Waals surface area contributed by atoms with Gasteiger partial charge in [0.1, 0.15) is 18.8 Å². The van der Waals surface area contributed by atoms with Crippen LogP contribution in [0.2, 0.25) is 0 Å². The van der Waals surface area contributed by atoms with Crippen LogP contribution < -0.4 is 11.1 Å². The molecule has 5 rings (SSSR count). The summed E-state index contributed by atoms with van der Waals surface area (Å²) >= 11 is 0. The lowest BCUT2D eigenvalue weighted by Gasteiger charge is -2.24. The number of nitrogens with two attached hydrogens (primary N) is 1. The van der Waals surface area contributed by atoms with Crippen LogP contribution in [-0.2, 0) is 22.7 Å². The van der Waals surface area contributed by atoms with Gasteiger partial charge in [0, 0.05) is 46.9 Å². The van der Waals surface area contributed by atoms with E-state index in [4.69, 9.17) is 5.73 Å². The minimum absolute atomic E-state index is 0.0765. The Bertz CT molecular complexity index is 1500. The second-order valence-electron chi connectivity index (χ2n) is 9.38. The highest BCUT2D eigenvalue weighted by atomic mass is 19.1. The maximum absolute atomic E-state index is 14.4. The molecule has 1 aliphatic heterocycles. The van der Waals surface area contributed by atoms with Gasteiger partial charge in [-0.3, -0.25) is 14.4 Å². The number of fused-ring (bicyclic) bond motifs is 1. The first-order valence-electron chi connectivity index (χ1n) is 12.3. The second kappa shape index (κ2) is 10.5. The van der Waals surface area contributed by atoms with Crippen molar-refractivity contribution < 1.29 is 18.8 Å². The van der Waals surface area contributed by atoms with E-state index in [0.717, 1.165) is 16.7 Å². The van der Waals surface area contributed by atoms with Gasteiger partial charge in [-0.15, -0.1) is 0 Å². The second-order valence-corrected chi connectivity index (χ2v) is 9.38. The number of ketones is 1. The number of halogens is 1. The summed E-state index contributed by atoms with van der Waals surface area (Å²) in [4.78, 5) is 40.1. The Kier molecular flexibility index (Phi) is 6.97. The van der Waals surface area contributed by atoms with Crippen molar-refractivity contribution in [2.24, 2.45) is 5.73 Å². The molecule has 1 saturated heterocycles. The molecule has 0 bridgehead atoms. The summed E-state index contributed by atoms with van der Waals surface area (Å²) in [6, 6.07) is 13.5. The van der Waals surface area contributed by atoms with Gasteiger partial charge < -0.3 is 20.5 Å². The number of hydrogen-bond donors (Lipinski definition) is 2. The van der Waals surface area contributed by atoms with Crippen molar-refractivity contribution in [1.82, 2.24) is 19.7 Å². The summed E-state index contributed by atoms with van der Waals surface area (Å²) in [5, 5.41) is 11.2. The molecule has 4 aromatic rings. The average Bonchev–Trinajstić information content (AvgIpc) is 3.50. The Balaban J connectivity index is 1.38. The standard InChI is InChI=1S/C28H27FN6O3/c1-17(36)24-15-34(25-7-4-19(10-23(24)25)20-8-9-31-32-13-20)16-27(37)35-14-21(29)11-26(35)28(38)33-22-5-2-18(12-30)3-6-22/h2-10,13,15,21,26H,11-12,14,16,30H2,1H3,(H,33,38)/t21-,26+/m1/s1. The topological polar surface area (TPSA) is 123 Å². The number of aromatic nitrogens is 3. The van der Waals surface area contributed by atoms with E-state index in [1.165, 1.54) is 11.8 Å². The van der Waals surface area contributed by atoms with Gasteiger partial charge >= 0.3 is 0 Å². The third kappa shape index (κ3) is 5.03. The van der Waals surface area contributed by atoms with Crippen molar-refractivity contribution in [3.63, 3.8) is 0 Å². The smallest absolute Gasteiger partial charge is 0.247 e. The monoisotopic (exact) mass is 514 g/mol. The lowest BCUT2D eigenvalue weighted by molar-refractivity contribution is -0.137. The number of amides is 2. The predicted octanol–water partition coefficient (Wildman–Crippen LogP) is 3.34. The van der Waals surface area contributed by atoms with E-state index in [1.54, 1.807) is 47.4 Å². The van der Waals surface area contributed by atoms with Crippen LogP contribution in [0.4, 0.5) is 10.1 Å². The Morgan fingerprint density at radius 3 is 2.55 bits per heavy atom. The molecule has 10 heteroatoms. The minimum Gasteiger partial charge on any atom is -0.337 e. The van der Waals surface area contributed by atoms with E-state index in [1.807, 2.05) is 24.3 Å². The molecule has 9 nitrogen and oxygen atoms in total. The van der Waals surface area contributed by atoms with Gasteiger partial charge in [0.15, 0.2) is 5.78 Å². The highest BCUT2D eigenvalue weighted by Gasteiger charge is 2.40. The molecule has 1 aliphatic rings. The number of rotatable bonds is 7. The lowest BCUT2D eigenvalue weighted by atomic mass is 10.0. The van der Waals surface area contributed by atoms with E-state index in [9.17, 15) is 18.8 Å². The van der Waals surface area contributed by atoms with E-state index in [-0.39, 0.29) is 25.3 Å². The van der Waals surface area contributed by atoms with Crippen LogP contribution in [0.15, 0.2) is 67.1 Å². The lowest BCUT2D eigenvalue weighted by Crippen LogP contribution is -2.44. The van der Waals surface area contributed by atoms with Gasteiger partial charge in [-0.05, 0) is 48.4 Å². The number of alkyl halides is 1. The van der Waals surface area contributed by atoms with E-state index in [0.29, 0.717) is 28.7 Å². The zero-order valence-electron chi connectivity index (χ0n) is 20.8. The molecule has 2 amide bonds. The SMILES string of the molecule is CC(=O)c1cn(CC(=O)N2C[C@H](F)C[C@H]2C(=O)Nc2ccc(CN)cc2)c2ccc(-c3ccnnc3)cc12. The molecular formula is C28H27FN6O3. The highest BCUT2D eigenvalue weighted by molar-refractivity contribution is 6.08. The number of carbonyl (C=O) groups is 3. The Morgan fingerprint density at radius 2 is 1.87 bits per heavy atom. The third-order valence-corrected chi connectivity index (χ3v) is 6.81. The fraction of sp³-hybridized carbons (Fsp3) is 0.250. The van der Waals surface area contributed by atoms with Crippen molar-refractivity contribution in [3.05, 3.63) is 78.2 Å². The van der Waals surface area contributed by atoms with Crippen molar-refractivity contribution in [2.45, 2.75) is 38.6 Å². The molecule has 0 aliphatic carbocycles. The number of nitrogens with one attached hydrogen (secondary N) is 1. The Hall–Kier alpha value is -4.44. The molecule has 0 unspecified atom stereocenters. The van der Waals surface area contributed by atoms with Crippen molar-refractivity contribution in [1.29, 1.82) is 0 Å². The van der Waals surface area contributed by atoms with Crippen molar-refractivity contribution in [3.8, 4) is 11.1 Å². The molecule has 2 aromatic carbocycles. The average molecular weight is 515 g/mol. The molecule has 0 spiro atoms. The van der Waals surface area contributed by atoms with Crippen molar-refractivity contribution >= 4 is 34.2 Å². The summed E-state index contributed by atoms with van der Waals surface area (Å²) in [6.45, 7) is 1.54. The quantitative estimate of drug-likeness (QED) is 0.365. The molecule has 3 N–H and O–H groups in total. The number of likely N-dealkylation sites (tertiary alicyclic amines) is 1. The molecule has 194 valence electrons. The molecule has 0 saturated carbocycles. The normalized spacial score (nSPS) is 17.1. The molecule has 2 atom stereocenters. The van der Waals surface area contributed by atoms with E-state index < -0.39 is 24.0 Å². The summed E-state index contributed by atoms with van der Waals surface area (Å²) in [7, 11) is 0. The molecule has 3 heterocycles. The van der Waals surface area contributed by atoms with Crippen LogP contribution in [-0.4, -0.2) is 56.0 Å². The third-order valence-electron chi connectivity index (χ3n) is 6.81. The summed E-state index contributed by atoms with van der Waals surface area (Å²) in [5.41, 5.74) is 9.94. The fourth-order valence-corrected chi connectivity index (χ4v) is 4.84. The Labute approximate surface area is 218 Å². The zero-order chi connectivity index (χ0) is 26.8. The molecule has 0 radical (unpaired) electrons. The number of nitrogens with zero attached hydrogens (tertiary/aromatic N) is 4. The molecule has 2 aromatic heterocycles. The van der Waals surface area contributed by atoms with Crippen LogP contribution in [0.3, 0.4) is 0 Å². The van der Waals surface area contributed by atoms with Gasteiger partial charge in [0.05, 0.1) is 18.9 Å². The summed E-state index contributed by atoms with van der Waals surface area (Å²) in [6.07, 6.45) is 3.47. The highest BCUT2D eigenvalue weighted by Crippen LogP contribution is 2.29. The maximum Gasteiger partial charge on any atom is 0.247 e. The van der Waals surface area contributed by atoms with Crippen LogP contribution in [0, 0.1) is 0 Å². The number of Topliss-reactive ketones (excluding diaryl/α,β-unsaturated/α-hetero) is 1. The van der Waals surface area contributed by atoms with E-state index in [2.05, 4.69) is 15.5 Å². The molecular weight excluding hydrogens is 487 g/mol. The summed E-state index contributed by atoms with van der Waals surface area (Å²) in [5.74, 6) is -0.997. The predicted molar refractivity (Wildman–Crippen MR) is 141 cm³/mol. The summed E-state index contributed by atoms with van der Waals surface area (Å²) < 4.78 is 16.1. The number of anilines is 1. The van der Waals surface area contributed by atoms with Gasteiger partial charge in [0.2, 0.25) is 11.8 Å². The van der Waals surface area contributed by atoms with Gasteiger partial charge in [-0.25, -0.2) is 4.39 Å². The van der Waals surface area contributed by atoms with Crippen LogP contribution in [0.25, 0.3) is 22.0 Å². The number of carbonyl (C=O) groups excluding carboxylic acids is 3. The zero-order valence-corrected chi connectivity index (χ0v) is 20.8. The fourth-order valence-electron chi connectivity index (χ4n) is 4.84. The molecule has 1 fully saturated rings. The van der Waals surface area contributed by atoms with Crippen LogP contribution >= 0.6 is 0 Å². The Morgan fingerprint density at radius 1 is 1.08 bits per heavy atom. The molecule has 38 heavy (non-hydrogen) atoms. The van der Waals surface area contributed by atoms with E-state index >= 15 is 0 Å². The first-order chi connectivity index (χ1) is 18.3. The number of benzene rings is 2. The van der Waals surface area contributed by atoms with Gasteiger partial charge in [0.25, 0.3) is 0 Å². The van der Waals surface area contributed by atoms with Gasteiger partial charge in [-0.2, -0.15) is 10.2 Å². The van der Waals surface area contributed by atoms with Crippen LogP contribution in [0.5, 0.6) is 0 Å². The first-order valence-corrected chi connectivity index (χ1v) is 12.3. The maximum atomic E-state index is 14.4. The minimum atomic E-state index is -1.31.